The number of Topliss-reactive ketones (excluding diaryl/α,β-unsaturated/α-hetero) is 1. The number of aliphatic hydroxyl groups excluding tert-OH is 9. The summed E-state index contributed by atoms with van der Waals surface area (Å²) >= 11 is 0. The monoisotopic (exact) mass is 784 g/mol. The molecule has 16 heteroatoms. The predicted octanol–water partition coefficient (Wildman–Crippen LogP) is -1.06. The highest BCUT2D eigenvalue weighted by Gasteiger charge is 2.59. The molecule has 7 aliphatic rings. The lowest BCUT2D eigenvalue weighted by Gasteiger charge is -2.58. The van der Waals surface area contributed by atoms with E-state index in [0.717, 1.165) is 37.7 Å². The van der Waals surface area contributed by atoms with E-state index >= 15 is 0 Å². The summed E-state index contributed by atoms with van der Waals surface area (Å²) in [4.78, 5) is 12.6. The van der Waals surface area contributed by atoms with Crippen LogP contribution in [-0.2, 0) is 33.2 Å². The molecule has 16 nitrogen and oxygen atoms in total. The van der Waals surface area contributed by atoms with E-state index in [2.05, 4.69) is 26.0 Å². The van der Waals surface area contributed by atoms with Crippen molar-refractivity contribution in [1.29, 1.82) is 0 Å². The summed E-state index contributed by atoms with van der Waals surface area (Å²) in [6, 6.07) is 0. The van der Waals surface area contributed by atoms with Gasteiger partial charge in [-0.05, 0) is 93.0 Å². The Morgan fingerprint density at radius 3 is 1.96 bits per heavy atom. The Morgan fingerprint density at radius 2 is 1.29 bits per heavy atom. The number of fused-ring (bicyclic) bond motifs is 5. The highest BCUT2D eigenvalue weighted by molar-refractivity contribution is 5.95. The van der Waals surface area contributed by atoms with Gasteiger partial charge in [-0.1, -0.05) is 31.6 Å². The van der Waals surface area contributed by atoms with Crippen molar-refractivity contribution in [2.24, 2.45) is 28.6 Å². The van der Waals surface area contributed by atoms with Gasteiger partial charge < -0.3 is 74.4 Å². The van der Waals surface area contributed by atoms with Crippen molar-refractivity contribution < 1.29 is 79.2 Å². The first-order valence-electron chi connectivity index (χ1n) is 19.9. The first kappa shape index (κ1) is 41.7. The molecule has 0 amide bonds. The van der Waals surface area contributed by atoms with Crippen molar-refractivity contribution >= 4 is 5.78 Å². The molecule has 3 aliphatic heterocycles. The zero-order valence-corrected chi connectivity index (χ0v) is 31.9. The zero-order chi connectivity index (χ0) is 39.7. The van der Waals surface area contributed by atoms with Gasteiger partial charge in [-0.15, -0.1) is 0 Å². The smallest absolute Gasteiger partial charge is 0.187 e. The molecule has 55 heavy (non-hydrogen) atoms. The first-order chi connectivity index (χ1) is 26.0. The fourth-order valence-corrected chi connectivity index (χ4v) is 11.1. The van der Waals surface area contributed by atoms with Crippen LogP contribution in [0, 0.1) is 28.6 Å². The van der Waals surface area contributed by atoms with E-state index < -0.39 is 111 Å². The van der Waals surface area contributed by atoms with Gasteiger partial charge in [0, 0.05) is 0 Å². The Bertz CT molecular complexity index is 1460. The molecule has 0 aromatic heterocycles. The van der Waals surface area contributed by atoms with E-state index in [1.54, 1.807) is 6.92 Å². The van der Waals surface area contributed by atoms with Crippen LogP contribution in [0.15, 0.2) is 23.3 Å². The number of hydrogen-bond acceptors (Lipinski definition) is 16. The number of ether oxygens (including phenoxy) is 6. The van der Waals surface area contributed by atoms with Crippen LogP contribution in [0.1, 0.15) is 72.6 Å². The number of ketones is 1. The third-order valence-corrected chi connectivity index (χ3v) is 14.4. The minimum Gasteiger partial charge on any atom is -0.394 e. The van der Waals surface area contributed by atoms with Gasteiger partial charge >= 0.3 is 0 Å². The molecule has 0 aromatic carbocycles. The third kappa shape index (κ3) is 7.20. The first-order valence-corrected chi connectivity index (χ1v) is 19.9. The molecular weight excluding hydrogens is 724 g/mol. The molecule has 0 aromatic rings. The summed E-state index contributed by atoms with van der Waals surface area (Å²) < 4.78 is 36.3. The van der Waals surface area contributed by atoms with Crippen LogP contribution in [0.4, 0.5) is 0 Å². The SMILES string of the molecule is CC(=O)C1=CC[C@H]2[C@@H]3CC=C4C[C@H](O[C@H]5O[C@@H](CO)[C@H](O)[C@@H](O[C@@H]6O[C@@H](CO)[C@@H](O)[C@H](O)[C@@H]6O)[C@@H]5O[C@@H]5O[C@@H](C)[C@@H](O)[C@H](O)[C@H]5O)CC[C@@]4(C)[C@@H]3CC[C@]12C. The van der Waals surface area contributed by atoms with Crippen LogP contribution < -0.4 is 0 Å². The maximum Gasteiger partial charge on any atom is 0.187 e. The van der Waals surface area contributed by atoms with E-state index in [0.29, 0.717) is 30.6 Å². The third-order valence-electron chi connectivity index (χ3n) is 14.4. The normalized spacial score (nSPS) is 52.7. The summed E-state index contributed by atoms with van der Waals surface area (Å²) in [5, 5.41) is 95.0. The van der Waals surface area contributed by atoms with Crippen molar-refractivity contribution in [1.82, 2.24) is 0 Å². The molecule has 0 radical (unpaired) electrons. The van der Waals surface area contributed by atoms with E-state index in [9.17, 15) is 50.8 Å². The Hall–Kier alpha value is -1.45. The Labute approximate surface area is 320 Å². The number of hydrogen-bond donors (Lipinski definition) is 9. The summed E-state index contributed by atoms with van der Waals surface area (Å²) in [5.41, 5.74) is 2.05. The van der Waals surface area contributed by atoms with Crippen molar-refractivity contribution in [3.8, 4) is 0 Å². The van der Waals surface area contributed by atoms with Gasteiger partial charge in [-0.2, -0.15) is 0 Å². The maximum atomic E-state index is 12.6. The maximum absolute atomic E-state index is 12.6. The minimum absolute atomic E-state index is 0.0852. The van der Waals surface area contributed by atoms with E-state index in [1.165, 1.54) is 12.5 Å². The van der Waals surface area contributed by atoms with Gasteiger partial charge in [0.15, 0.2) is 24.7 Å². The second-order valence-electron chi connectivity index (χ2n) is 17.4. The van der Waals surface area contributed by atoms with Gasteiger partial charge in [0.05, 0.1) is 25.4 Å². The largest absolute Gasteiger partial charge is 0.394 e. The lowest BCUT2D eigenvalue weighted by molar-refractivity contribution is -0.394. The number of rotatable bonds is 9. The fourth-order valence-electron chi connectivity index (χ4n) is 11.1. The highest BCUT2D eigenvalue weighted by atomic mass is 16.8. The molecule has 5 fully saturated rings. The number of allylic oxidation sites excluding steroid dienone is 3. The van der Waals surface area contributed by atoms with Crippen LogP contribution in [0.5, 0.6) is 0 Å². The molecule has 4 aliphatic carbocycles. The number of aliphatic hydroxyl groups is 9. The quantitative estimate of drug-likeness (QED) is 0.126. The summed E-state index contributed by atoms with van der Waals surface area (Å²) in [6.45, 7) is 6.31. The Balaban J connectivity index is 1.14. The summed E-state index contributed by atoms with van der Waals surface area (Å²) in [5.74, 6) is 1.45. The zero-order valence-electron chi connectivity index (χ0n) is 31.9. The van der Waals surface area contributed by atoms with Gasteiger partial charge in [0.2, 0.25) is 0 Å². The van der Waals surface area contributed by atoms with Crippen molar-refractivity contribution in [2.45, 2.75) is 171 Å². The van der Waals surface area contributed by atoms with Gasteiger partial charge in [-0.3, -0.25) is 4.79 Å². The van der Waals surface area contributed by atoms with Gasteiger partial charge in [-0.25, -0.2) is 0 Å². The molecule has 3 heterocycles. The molecule has 21 atom stereocenters. The number of carbonyl (C=O) groups excluding carboxylic acids is 1. The van der Waals surface area contributed by atoms with Crippen LogP contribution in [0.25, 0.3) is 0 Å². The van der Waals surface area contributed by atoms with Crippen molar-refractivity contribution in [2.75, 3.05) is 13.2 Å². The van der Waals surface area contributed by atoms with Gasteiger partial charge in [0.1, 0.15) is 67.1 Å². The van der Waals surface area contributed by atoms with Crippen LogP contribution in [0.3, 0.4) is 0 Å². The van der Waals surface area contributed by atoms with Crippen molar-refractivity contribution in [3.05, 3.63) is 23.3 Å². The van der Waals surface area contributed by atoms with E-state index in [4.69, 9.17) is 28.4 Å². The summed E-state index contributed by atoms with van der Waals surface area (Å²) in [6.07, 6.45) is -13.4. The molecule has 3 saturated heterocycles. The molecule has 7 rings (SSSR count). The minimum atomic E-state index is -1.85. The molecule has 0 bridgehead atoms. The average molecular weight is 785 g/mol. The average Bonchev–Trinajstić information content (AvgIpc) is 3.52. The van der Waals surface area contributed by atoms with Crippen LogP contribution in [0.2, 0.25) is 0 Å². The topological polar surface area (TPSA) is 255 Å². The molecule has 0 unspecified atom stereocenters. The van der Waals surface area contributed by atoms with Crippen LogP contribution >= 0.6 is 0 Å². The highest BCUT2D eigenvalue weighted by Crippen LogP contribution is 2.65. The molecule has 312 valence electrons. The van der Waals surface area contributed by atoms with Crippen LogP contribution in [-0.4, -0.2) is 163 Å². The molecule has 0 spiro atoms. The van der Waals surface area contributed by atoms with Crippen molar-refractivity contribution in [3.63, 3.8) is 0 Å². The molecule has 9 N–H and O–H groups in total. The lowest BCUT2D eigenvalue weighted by atomic mass is 9.47. The van der Waals surface area contributed by atoms with E-state index in [1.807, 2.05) is 0 Å². The predicted molar refractivity (Wildman–Crippen MR) is 188 cm³/mol. The van der Waals surface area contributed by atoms with Gasteiger partial charge in [0.25, 0.3) is 0 Å². The second-order valence-corrected chi connectivity index (χ2v) is 17.4. The molecular formula is C39H60O16. The Kier molecular flexibility index (Phi) is 12.1. The lowest BCUT2D eigenvalue weighted by Crippen LogP contribution is -2.67. The fraction of sp³-hybridized carbons (Fsp3) is 0.872. The second kappa shape index (κ2) is 16.0. The van der Waals surface area contributed by atoms with E-state index in [-0.39, 0.29) is 16.6 Å². The number of carbonyl (C=O) groups is 1. The Morgan fingerprint density at radius 1 is 0.691 bits per heavy atom. The molecule has 2 saturated carbocycles. The summed E-state index contributed by atoms with van der Waals surface area (Å²) in [7, 11) is 0. The standard InChI is InChI=1S/C39H60O16/c1-16(42)21-7-8-22-20-6-5-18-13-19(9-11-38(18,3)23(20)10-12-39(21,22)4)51-37-34(55-35-31(48)29(46)26(43)17(2)50-35)33(28(45)25(15-41)53-37)54-36-32(49)30(47)27(44)24(14-40)52-36/h5,7,17,19-20,22-37,40-41,43-49H,6,8-15H2,1-4H3/t17-,19+,20-,22-,23+,24-,25-,26+,27+,28-,29-,30-,31+,32-,33+,34-,35-,36-,37-,38+,39+/m0/s1.